The van der Waals surface area contributed by atoms with Crippen molar-refractivity contribution in [3.63, 3.8) is 0 Å². The molecule has 3 amide bonds. The Hall–Kier alpha value is -2.33. The van der Waals surface area contributed by atoms with Gasteiger partial charge < -0.3 is 23.8 Å². The van der Waals surface area contributed by atoms with Crippen LogP contribution < -0.4 is 0 Å². The number of carbonyl (C=O) groups excluding carboxylic acids is 2. The van der Waals surface area contributed by atoms with Crippen molar-refractivity contribution in [1.29, 1.82) is 0 Å². The maximum absolute atomic E-state index is 12.4. The fourth-order valence-corrected chi connectivity index (χ4v) is 4.69. The van der Waals surface area contributed by atoms with E-state index in [-0.39, 0.29) is 42.3 Å². The fraction of sp³-hybridized carbons (Fsp3) is 0.750. The summed E-state index contributed by atoms with van der Waals surface area (Å²) >= 11 is 0. The lowest BCUT2D eigenvalue weighted by Gasteiger charge is -2.39. The molecular weight excluding hydrogens is 392 g/mol. The minimum absolute atomic E-state index is 0.00867. The van der Waals surface area contributed by atoms with Crippen molar-refractivity contribution < 1.29 is 28.8 Å². The molecule has 3 aliphatic heterocycles. The maximum atomic E-state index is 12.4. The van der Waals surface area contributed by atoms with Crippen LogP contribution in [0.2, 0.25) is 0 Å². The molecule has 1 aromatic rings. The van der Waals surface area contributed by atoms with E-state index >= 15 is 0 Å². The molecule has 0 radical (unpaired) electrons. The summed E-state index contributed by atoms with van der Waals surface area (Å²) < 4.78 is 16.6. The lowest BCUT2D eigenvalue weighted by Crippen LogP contribution is -2.55. The number of carbonyl (C=O) groups is 2. The van der Waals surface area contributed by atoms with Gasteiger partial charge in [-0.25, -0.2) is 14.7 Å². The summed E-state index contributed by atoms with van der Waals surface area (Å²) in [6, 6.07) is 1.18. The third-order valence-electron chi connectivity index (χ3n) is 6.56. The van der Waals surface area contributed by atoms with Crippen molar-refractivity contribution in [3.05, 3.63) is 17.5 Å². The lowest BCUT2D eigenvalue weighted by atomic mass is 9.84. The number of hydroxylamine groups is 2. The number of amides is 3. The Morgan fingerprint density at radius 3 is 2.73 bits per heavy atom. The van der Waals surface area contributed by atoms with Crippen LogP contribution in [0.15, 0.2) is 10.6 Å². The molecule has 1 spiro atoms. The van der Waals surface area contributed by atoms with Gasteiger partial charge in [0.25, 0.3) is 0 Å². The van der Waals surface area contributed by atoms with E-state index in [2.05, 4.69) is 5.16 Å². The van der Waals surface area contributed by atoms with Crippen LogP contribution in [0.25, 0.3) is 0 Å². The van der Waals surface area contributed by atoms with Crippen LogP contribution in [0, 0.1) is 5.41 Å². The first-order chi connectivity index (χ1) is 14.2. The molecule has 1 saturated carbocycles. The predicted molar refractivity (Wildman–Crippen MR) is 101 cm³/mol. The number of ether oxygens (including phenoxy) is 2. The van der Waals surface area contributed by atoms with Gasteiger partial charge in [-0.05, 0) is 45.4 Å². The van der Waals surface area contributed by atoms with Gasteiger partial charge in [0.05, 0.1) is 31.3 Å². The quantitative estimate of drug-likeness (QED) is 0.746. The zero-order chi connectivity index (χ0) is 21.3. The van der Waals surface area contributed by atoms with Gasteiger partial charge in [0.15, 0.2) is 5.76 Å². The first-order valence-corrected chi connectivity index (χ1v) is 10.5. The van der Waals surface area contributed by atoms with Gasteiger partial charge in [-0.15, -0.1) is 0 Å². The summed E-state index contributed by atoms with van der Waals surface area (Å²) in [6.45, 7) is 7.26. The van der Waals surface area contributed by atoms with E-state index in [1.54, 1.807) is 9.80 Å². The zero-order valence-corrected chi connectivity index (χ0v) is 17.5. The van der Waals surface area contributed by atoms with Gasteiger partial charge >= 0.3 is 12.1 Å². The molecule has 1 aromatic heterocycles. The molecular formula is C20H28N4O6. The average Bonchev–Trinajstić information content (AvgIpc) is 3.13. The normalized spacial score (nSPS) is 27.6. The van der Waals surface area contributed by atoms with E-state index in [4.69, 9.17) is 14.0 Å². The second kappa shape index (κ2) is 6.58. The Labute approximate surface area is 174 Å². The summed E-state index contributed by atoms with van der Waals surface area (Å²) in [5, 5.41) is 15.2. The second-order valence-electron chi connectivity index (χ2n) is 9.91. The highest BCUT2D eigenvalue weighted by molar-refractivity contribution is 5.77. The average molecular weight is 420 g/mol. The topological polar surface area (TPSA) is 109 Å². The molecule has 4 heterocycles. The highest BCUT2D eigenvalue weighted by Gasteiger charge is 2.63. The van der Waals surface area contributed by atoms with Gasteiger partial charge in [-0.2, -0.15) is 0 Å². The van der Waals surface area contributed by atoms with Gasteiger partial charge in [-0.3, -0.25) is 5.21 Å². The standard InChI is InChI=1S/C20H28N4O6/c1-19(2,3)29-18(26)22-8-13(9-22)28-11-12-6-14(21-30-12)15-7-20(4-5-20)16-10-23(15)17(25)24(16)27/h6,13,15-16,27H,4-5,7-11H2,1-3H3/t15-,16-/m0/s1. The van der Waals surface area contributed by atoms with Crippen molar-refractivity contribution >= 4 is 12.1 Å². The van der Waals surface area contributed by atoms with Gasteiger partial charge in [0.1, 0.15) is 17.9 Å². The van der Waals surface area contributed by atoms with Gasteiger partial charge in [-0.1, -0.05) is 5.16 Å². The van der Waals surface area contributed by atoms with Crippen LogP contribution in [0.4, 0.5) is 9.59 Å². The molecule has 2 bridgehead atoms. The minimum atomic E-state index is -0.513. The predicted octanol–water partition coefficient (Wildman–Crippen LogP) is 2.53. The van der Waals surface area contributed by atoms with E-state index in [1.807, 2.05) is 26.8 Å². The molecule has 4 fully saturated rings. The Bertz CT molecular complexity index is 854. The van der Waals surface area contributed by atoms with Crippen molar-refractivity contribution in [1.82, 2.24) is 20.0 Å². The fourth-order valence-electron chi connectivity index (χ4n) is 4.69. The minimum Gasteiger partial charge on any atom is -0.444 e. The Morgan fingerprint density at radius 1 is 1.33 bits per heavy atom. The molecule has 10 nitrogen and oxygen atoms in total. The number of aromatic nitrogens is 1. The van der Waals surface area contributed by atoms with Gasteiger partial charge in [0, 0.05) is 12.6 Å². The highest BCUT2D eigenvalue weighted by Crippen LogP contribution is 2.61. The van der Waals surface area contributed by atoms with E-state index in [1.165, 1.54) is 0 Å². The third-order valence-corrected chi connectivity index (χ3v) is 6.56. The summed E-state index contributed by atoms with van der Waals surface area (Å²) in [4.78, 5) is 27.7. The first kappa shape index (κ1) is 19.6. The number of nitrogens with zero attached hydrogens (tertiary/aromatic N) is 4. The Kier molecular flexibility index (Phi) is 4.31. The van der Waals surface area contributed by atoms with Crippen LogP contribution in [-0.2, 0) is 16.1 Å². The van der Waals surface area contributed by atoms with Crippen LogP contribution in [0.3, 0.4) is 0 Å². The number of urea groups is 1. The van der Waals surface area contributed by atoms with Crippen molar-refractivity contribution in [2.24, 2.45) is 5.41 Å². The molecule has 1 aliphatic carbocycles. The molecule has 1 N–H and O–H groups in total. The number of fused-ring (bicyclic) bond motifs is 3. The lowest BCUT2D eigenvalue weighted by molar-refractivity contribution is -0.0782. The molecule has 0 aromatic carbocycles. The van der Waals surface area contributed by atoms with Crippen molar-refractivity contribution in [2.75, 3.05) is 19.6 Å². The van der Waals surface area contributed by atoms with Crippen LogP contribution >= 0.6 is 0 Å². The molecule has 164 valence electrons. The van der Waals surface area contributed by atoms with Gasteiger partial charge in [0.2, 0.25) is 0 Å². The Morgan fingerprint density at radius 2 is 2.07 bits per heavy atom. The second-order valence-corrected chi connectivity index (χ2v) is 9.91. The van der Waals surface area contributed by atoms with E-state index in [0.29, 0.717) is 31.1 Å². The molecule has 30 heavy (non-hydrogen) atoms. The number of hydrogen-bond acceptors (Lipinski definition) is 7. The monoisotopic (exact) mass is 420 g/mol. The maximum Gasteiger partial charge on any atom is 0.410 e. The number of likely N-dealkylation sites (tertiary alicyclic amines) is 1. The number of piperidine rings is 1. The first-order valence-electron chi connectivity index (χ1n) is 10.5. The SMILES string of the molecule is CC(C)(C)OC(=O)N1CC(OCc2cc([C@@H]3CC4(CC4)[C@@H]4CN3C(=O)N4O)no2)C1. The molecule has 10 heteroatoms. The number of rotatable bonds is 4. The molecule has 5 rings (SSSR count). The van der Waals surface area contributed by atoms with Crippen LogP contribution in [0.1, 0.15) is 57.5 Å². The van der Waals surface area contributed by atoms with Crippen molar-refractivity contribution in [3.8, 4) is 0 Å². The molecule has 0 unspecified atom stereocenters. The smallest absolute Gasteiger partial charge is 0.410 e. The van der Waals surface area contributed by atoms with Crippen molar-refractivity contribution in [2.45, 2.75) is 70.4 Å². The summed E-state index contributed by atoms with van der Waals surface area (Å²) in [5.74, 6) is 0.584. The number of hydrogen-bond donors (Lipinski definition) is 1. The summed E-state index contributed by atoms with van der Waals surface area (Å²) in [5.41, 5.74) is 0.196. The largest absolute Gasteiger partial charge is 0.444 e. The van der Waals surface area contributed by atoms with E-state index in [9.17, 15) is 14.8 Å². The van der Waals surface area contributed by atoms with Crippen LogP contribution in [-0.4, -0.2) is 74.7 Å². The van der Waals surface area contributed by atoms with E-state index in [0.717, 1.165) is 24.3 Å². The molecule has 3 saturated heterocycles. The highest BCUT2D eigenvalue weighted by atomic mass is 16.6. The summed E-state index contributed by atoms with van der Waals surface area (Å²) in [6.07, 6.45) is 2.44. The third kappa shape index (κ3) is 3.31. The zero-order valence-electron chi connectivity index (χ0n) is 17.5. The molecule has 2 atom stereocenters. The summed E-state index contributed by atoms with van der Waals surface area (Å²) in [7, 11) is 0. The van der Waals surface area contributed by atoms with Crippen LogP contribution in [0.5, 0.6) is 0 Å². The Balaban J connectivity index is 1.15. The van der Waals surface area contributed by atoms with E-state index < -0.39 is 5.60 Å². The molecule has 4 aliphatic rings.